The molecule has 0 aliphatic heterocycles. The van der Waals surface area contributed by atoms with Crippen molar-refractivity contribution in [2.75, 3.05) is 21.3 Å². The summed E-state index contributed by atoms with van der Waals surface area (Å²) in [6.07, 6.45) is 10.2. The molecular weight excluding hydrogens is 1450 g/mol. The number of aromatic nitrogens is 8. The summed E-state index contributed by atoms with van der Waals surface area (Å²) >= 11 is 0. The third-order valence-electron chi connectivity index (χ3n) is 22.0. The van der Waals surface area contributed by atoms with Gasteiger partial charge >= 0.3 is 0 Å². The summed E-state index contributed by atoms with van der Waals surface area (Å²) < 4.78 is 0. The molecule has 5 unspecified atom stereocenters. The molecule has 8 aromatic carbocycles. The summed E-state index contributed by atoms with van der Waals surface area (Å²) in [7, 11) is 0. The number of aliphatic hydroxyl groups excluding tert-OH is 4. The molecule has 1 fully saturated rings. The van der Waals surface area contributed by atoms with Crippen LogP contribution in [-0.2, 0) is 70.5 Å². The molecule has 4 heterocycles. The van der Waals surface area contributed by atoms with Crippen molar-refractivity contribution in [3.05, 3.63) is 308 Å². The van der Waals surface area contributed by atoms with Gasteiger partial charge in [0.1, 0.15) is 47.2 Å². The molecule has 5 atom stereocenters. The van der Waals surface area contributed by atoms with Crippen molar-refractivity contribution < 1.29 is 39.6 Å². The second-order valence-electron chi connectivity index (χ2n) is 30.8. The molecule has 5 aliphatic carbocycles. The van der Waals surface area contributed by atoms with Gasteiger partial charge in [0.2, 0.25) is 23.6 Å². The first-order valence-corrected chi connectivity index (χ1v) is 40.5. The predicted octanol–water partition coefficient (Wildman–Crippen LogP) is 17.1. The number of hydrogen-bond acceptors (Lipinski definition) is 16. The summed E-state index contributed by atoms with van der Waals surface area (Å²) in [6.45, 7) is 9.27. The predicted molar refractivity (Wildman–Crippen MR) is 452 cm³/mol. The number of nitrogens with one attached hydrogen (secondary N) is 4. The normalized spacial score (nSPS) is 14.6. The van der Waals surface area contributed by atoms with E-state index >= 15 is 0 Å². The van der Waals surface area contributed by atoms with Gasteiger partial charge in [-0.15, -0.1) is 0 Å². The summed E-state index contributed by atoms with van der Waals surface area (Å²) in [4.78, 5) is 87.9. The second kappa shape index (κ2) is 37.4. The smallest absolute Gasteiger partial charge is 0.228 e. The van der Waals surface area contributed by atoms with Crippen LogP contribution in [0.2, 0.25) is 0 Å². The molecule has 0 bridgehead atoms. The van der Waals surface area contributed by atoms with Crippen LogP contribution in [0.3, 0.4) is 0 Å². The van der Waals surface area contributed by atoms with Crippen LogP contribution in [-0.4, -0.2) is 83.9 Å². The molecule has 20 nitrogen and oxygen atoms in total. The van der Waals surface area contributed by atoms with Crippen LogP contribution < -0.4 is 21.3 Å². The van der Waals surface area contributed by atoms with Gasteiger partial charge in [-0.2, -0.15) is 0 Å². The Labute approximate surface area is 677 Å². The van der Waals surface area contributed by atoms with Gasteiger partial charge in [0.15, 0.2) is 23.3 Å². The van der Waals surface area contributed by atoms with Crippen molar-refractivity contribution in [3.63, 3.8) is 0 Å². The third kappa shape index (κ3) is 18.9. The Morgan fingerprint density at radius 3 is 0.940 bits per heavy atom. The minimum Gasteiger partial charge on any atom is -0.382 e. The Morgan fingerprint density at radius 2 is 0.638 bits per heavy atom. The number of fused-ring (bicyclic) bond motifs is 12. The third-order valence-corrected chi connectivity index (χ3v) is 22.0. The van der Waals surface area contributed by atoms with E-state index in [-0.39, 0.29) is 35.5 Å². The molecule has 5 aliphatic rings. The van der Waals surface area contributed by atoms with Gasteiger partial charge in [-0.3, -0.25) is 19.2 Å². The molecule has 4 aromatic heterocycles. The maximum atomic E-state index is 12.9. The van der Waals surface area contributed by atoms with E-state index in [1.165, 1.54) is 48.4 Å². The topological polar surface area (TPSA) is 300 Å². The molecule has 20 heteroatoms. The van der Waals surface area contributed by atoms with E-state index in [9.17, 15) is 39.6 Å². The maximum absolute atomic E-state index is 12.9. The van der Waals surface area contributed by atoms with Crippen molar-refractivity contribution in [2.24, 2.45) is 17.8 Å². The average molecular weight is 1550 g/mol. The monoisotopic (exact) mass is 1550 g/mol. The number of aliphatic hydroxyl groups is 4. The Bertz CT molecular complexity index is 5490. The van der Waals surface area contributed by atoms with E-state index in [1.54, 1.807) is 0 Å². The number of aryl methyl sites for hydroxylation is 8. The van der Waals surface area contributed by atoms with Crippen molar-refractivity contribution in [1.29, 1.82) is 0 Å². The van der Waals surface area contributed by atoms with E-state index < -0.39 is 24.4 Å². The lowest BCUT2D eigenvalue weighted by Gasteiger charge is -2.24. The lowest BCUT2D eigenvalue weighted by Crippen LogP contribution is -2.24. The van der Waals surface area contributed by atoms with Gasteiger partial charge < -0.3 is 41.7 Å². The Hall–Kier alpha value is -12.2. The molecule has 12 aromatic rings. The summed E-state index contributed by atoms with van der Waals surface area (Å²) in [6, 6.07) is 70.0. The van der Waals surface area contributed by atoms with Gasteiger partial charge in [0.25, 0.3) is 0 Å². The number of carbonyl (C=O) groups excluding carboxylic acids is 4. The largest absolute Gasteiger partial charge is 0.382 e. The van der Waals surface area contributed by atoms with Crippen LogP contribution in [0.1, 0.15) is 200 Å². The number of anilines is 4. The van der Waals surface area contributed by atoms with Gasteiger partial charge in [-0.1, -0.05) is 265 Å². The fraction of sp³-hybridized carbons (Fsp3) is 0.292. The van der Waals surface area contributed by atoms with E-state index in [0.717, 1.165) is 144 Å². The van der Waals surface area contributed by atoms with Gasteiger partial charge in [0, 0.05) is 47.9 Å². The minimum atomic E-state index is -0.977. The number of benzene rings is 8. The Kier molecular flexibility index (Phi) is 25.9. The quantitative estimate of drug-likeness (QED) is 0.0396. The van der Waals surface area contributed by atoms with E-state index in [0.29, 0.717) is 81.5 Å². The van der Waals surface area contributed by atoms with Gasteiger partial charge in [-0.05, 0) is 127 Å². The van der Waals surface area contributed by atoms with Gasteiger partial charge in [-0.25, -0.2) is 39.9 Å². The Morgan fingerprint density at radius 1 is 0.353 bits per heavy atom. The first-order chi connectivity index (χ1) is 56.4. The van der Waals surface area contributed by atoms with E-state index in [1.807, 2.05) is 216 Å². The first-order valence-electron chi connectivity index (χ1n) is 40.5. The fourth-order valence-electron chi connectivity index (χ4n) is 15.7. The van der Waals surface area contributed by atoms with E-state index in [2.05, 4.69) is 56.6 Å². The summed E-state index contributed by atoms with van der Waals surface area (Å²) in [5, 5.41) is 55.8. The van der Waals surface area contributed by atoms with Crippen molar-refractivity contribution in [2.45, 2.75) is 162 Å². The van der Waals surface area contributed by atoms with Crippen LogP contribution in [0.5, 0.6) is 0 Å². The van der Waals surface area contributed by atoms with Crippen molar-refractivity contribution >= 4 is 46.9 Å². The van der Waals surface area contributed by atoms with Crippen molar-refractivity contribution in [1.82, 2.24) is 39.9 Å². The molecule has 116 heavy (non-hydrogen) atoms. The zero-order valence-corrected chi connectivity index (χ0v) is 66.1. The summed E-state index contributed by atoms with van der Waals surface area (Å²) in [5.41, 5.74) is 20.1. The molecule has 17 rings (SSSR count). The highest BCUT2D eigenvalue weighted by molar-refractivity contribution is 5.93. The highest BCUT2D eigenvalue weighted by Crippen LogP contribution is 2.41. The molecule has 590 valence electrons. The van der Waals surface area contributed by atoms with Crippen LogP contribution >= 0.6 is 0 Å². The number of nitrogens with zero attached hydrogens (tertiary/aromatic N) is 8. The number of hydrogen-bond donors (Lipinski definition) is 8. The molecule has 0 radical (unpaired) electrons. The average Bonchev–Trinajstić information content (AvgIpc) is 0.781. The molecular formula is C96H98N12O8. The van der Waals surface area contributed by atoms with Crippen LogP contribution in [0.4, 0.5) is 23.3 Å². The number of rotatable bonds is 18. The molecule has 0 spiro atoms. The highest BCUT2D eigenvalue weighted by Gasteiger charge is 2.32. The van der Waals surface area contributed by atoms with Crippen LogP contribution in [0.15, 0.2) is 218 Å². The fourth-order valence-corrected chi connectivity index (χ4v) is 15.7. The molecule has 8 N–H and O–H groups in total. The second-order valence-corrected chi connectivity index (χ2v) is 30.8. The minimum absolute atomic E-state index is 0.0381. The number of amides is 4. The number of carbonyl (C=O) groups is 4. The zero-order chi connectivity index (χ0) is 80.8. The molecule has 0 saturated heterocycles. The van der Waals surface area contributed by atoms with Crippen LogP contribution in [0, 0.1) is 17.8 Å². The van der Waals surface area contributed by atoms with E-state index in [4.69, 9.17) is 34.9 Å². The lowest BCUT2D eigenvalue weighted by molar-refractivity contribution is -0.119. The van der Waals surface area contributed by atoms with Gasteiger partial charge in [0.05, 0.1) is 45.6 Å². The zero-order valence-electron chi connectivity index (χ0n) is 66.1. The Balaban J connectivity index is 0.000000128. The standard InChI is InChI=1S/C27H29N3O2.2C24H25N3O2.C21H19N3O2/c31-23(17-18-9-3-1-4-10-18)29-27-25(26(32)20-12-5-2-6-13-20)30-24-21-14-8-7-11-19(21)15-16-22(24)28-27;1-15(2)14-20(28)26-24-22(23(29)17-9-4-3-5-10-17)27-21-18-11-7-6-8-16(18)12-13-19(21)25-24;1-3-15(2)24(29)27-23-21(22(28)17-10-5-4-6-11-17)26-20-18-12-8-7-9-16(18)13-14-19(20)25-23;1-13(25)22-21-19(20(26)15-8-3-2-4-9-15)24-18-16-10-6-5-7-14(16)11-12-17(18)23-21/h2,5-8,11-14,18,26,32H,1,3-4,9-10,15-17H2,(H,28,29,31);3-11,15,23,29H,12-14H2,1-2H3,(H,25,26,28);4-12,15,22,28H,3,13-14H2,1-2H3,(H,25,27,29);2-10,20,26H,11-12H2,1H3,(H,22,23,25). The lowest BCUT2D eigenvalue weighted by atomic mass is 9.87. The van der Waals surface area contributed by atoms with Crippen molar-refractivity contribution in [3.8, 4) is 45.0 Å². The molecule has 4 amide bonds. The maximum Gasteiger partial charge on any atom is 0.228 e. The first kappa shape index (κ1) is 80.4. The molecule has 1 saturated carbocycles. The SMILES string of the molecule is CC(=O)Nc1nc2c(nc1C(O)c1ccccc1)-c1ccccc1CC2.CC(C)CC(=O)Nc1nc2c(nc1C(O)c1ccccc1)-c1ccccc1CC2.CCC(C)C(=O)Nc1nc2c(nc1C(O)c1ccccc1)-c1ccccc1CC2.O=C(CC1CCCCC1)Nc1nc2c(nc1C(O)c1ccccc1)-c1ccccc1CC2. The van der Waals surface area contributed by atoms with Crippen LogP contribution in [0.25, 0.3) is 45.0 Å². The highest BCUT2D eigenvalue weighted by atomic mass is 16.3. The summed E-state index contributed by atoms with van der Waals surface area (Å²) in [5.74, 6) is 1.43.